The second-order valence-electron chi connectivity index (χ2n) is 10.6. The van der Waals surface area contributed by atoms with Crippen molar-refractivity contribution < 1.29 is 4.74 Å². The zero-order valence-electron chi connectivity index (χ0n) is 22.6. The Morgan fingerprint density at radius 3 is 2.14 bits per heavy atom. The van der Waals surface area contributed by atoms with E-state index in [9.17, 15) is 4.79 Å². The molecule has 0 saturated carbocycles. The monoisotopic (exact) mass is 498 g/mol. The first-order chi connectivity index (χ1) is 17.7. The van der Waals surface area contributed by atoms with Crippen LogP contribution in [0.5, 0.6) is 5.75 Å². The summed E-state index contributed by atoms with van der Waals surface area (Å²) >= 11 is 0. The molecular formula is C31H38N4O2. The van der Waals surface area contributed by atoms with Crippen LogP contribution >= 0.6 is 0 Å². The van der Waals surface area contributed by atoms with Crippen molar-refractivity contribution in [2.24, 2.45) is 0 Å². The predicted octanol–water partition coefficient (Wildman–Crippen LogP) is 5.84. The summed E-state index contributed by atoms with van der Waals surface area (Å²) in [5, 5.41) is 4.70. The van der Waals surface area contributed by atoms with Crippen LogP contribution in [0.15, 0.2) is 71.5 Å². The molecule has 0 aliphatic carbocycles. The van der Waals surface area contributed by atoms with Crippen LogP contribution in [0.25, 0.3) is 11.1 Å². The van der Waals surface area contributed by atoms with E-state index < -0.39 is 0 Å². The Morgan fingerprint density at radius 1 is 0.892 bits per heavy atom. The minimum atomic E-state index is -0.0412. The van der Waals surface area contributed by atoms with Gasteiger partial charge in [0.25, 0.3) is 0 Å². The second kappa shape index (κ2) is 11.1. The molecule has 37 heavy (non-hydrogen) atoms. The average Bonchev–Trinajstić information content (AvgIpc) is 3.18. The van der Waals surface area contributed by atoms with E-state index in [-0.39, 0.29) is 11.1 Å². The first kappa shape index (κ1) is 26.3. The topological polar surface area (TPSA) is 75.1 Å². The highest BCUT2D eigenvalue weighted by molar-refractivity contribution is 5.70. The van der Waals surface area contributed by atoms with Gasteiger partial charge in [0.2, 0.25) is 0 Å². The number of methoxy groups -OCH3 is 1. The molecule has 6 nitrogen and oxygen atoms in total. The van der Waals surface area contributed by atoms with Gasteiger partial charge >= 0.3 is 5.69 Å². The van der Waals surface area contributed by atoms with Crippen LogP contribution in [0.2, 0.25) is 0 Å². The number of benzene rings is 3. The lowest BCUT2D eigenvalue weighted by Crippen LogP contribution is -2.25. The average molecular weight is 499 g/mol. The molecule has 194 valence electrons. The van der Waals surface area contributed by atoms with E-state index in [1.165, 1.54) is 11.1 Å². The van der Waals surface area contributed by atoms with Crippen LogP contribution in [0.1, 0.15) is 56.6 Å². The maximum absolute atomic E-state index is 13.0. The Labute approximate surface area is 219 Å². The first-order valence-corrected chi connectivity index (χ1v) is 13.0. The van der Waals surface area contributed by atoms with Crippen LogP contribution < -0.4 is 16.2 Å². The molecule has 0 aliphatic rings. The van der Waals surface area contributed by atoms with Gasteiger partial charge in [0, 0.05) is 13.0 Å². The number of nitrogen functional groups attached to an aromatic ring is 1. The van der Waals surface area contributed by atoms with Crippen LogP contribution in [-0.2, 0) is 31.3 Å². The molecule has 0 saturated heterocycles. The third-order valence-electron chi connectivity index (χ3n) is 6.85. The molecule has 1 aromatic heterocycles. The van der Waals surface area contributed by atoms with E-state index in [0.29, 0.717) is 24.5 Å². The van der Waals surface area contributed by atoms with E-state index in [0.717, 1.165) is 41.8 Å². The fourth-order valence-corrected chi connectivity index (χ4v) is 4.60. The standard InChI is InChI=1S/C31H38N4O2/c1-6-34-29(33-35(30(34)36)21-23-12-17-26(18-13-23)31(2,3)4)9-7-8-22-10-14-24(15-11-22)25-16-19-28(37-5)27(32)20-25/h10-20H,6-9,21,32H2,1-5H3. The van der Waals surface area contributed by atoms with Gasteiger partial charge in [-0.05, 0) is 65.1 Å². The quantitative estimate of drug-likeness (QED) is 0.294. The van der Waals surface area contributed by atoms with Gasteiger partial charge in [-0.15, -0.1) is 0 Å². The van der Waals surface area contributed by atoms with Crippen LogP contribution in [0.3, 0.4) is 0 Å². The van der Waals surface area contributed by atoms with Crippen LogP contribution in [0.4, 0.5) is 5.69 Å². The maximum Gasteiger partial charge on any atom is 0.346 e. The molecule has 1 heterocycles. The van der Waals surface area contributed by atoms with Crippen LogP contribution in [0, 0.1) is 0 Å². The van der Waals surface area contributed by atoms with Gasteiger partial charge in [-0.2, -0.15) is 5.10 Å². The van der Waals surface area contributed by atoms with Crippen molar-refractivity contribution in [1.29, 1.82) is 0 Å². The van der Waals surface area contributed by atoms with Crippen molar-refractivity contribution in [3.05, 3.63) is 99.7 Å². The lowest BCUT2D eigenvalue weighted by atomic mass is 9.87. The van der Waals surface area contributed by atoms with E-state index in [2.05, 4.69) is 69.3 Å². The minimum Gasteiger partial charge on any atom is -0.495 e. The molecule has 3 aromatic carbocycles. The van der Waals surface area contributed by atoms with Crippen molar-refractivity contribution in [2.75, 3.05) is 12.8 Å². The van der Waals surface area contributed by atoms with Gasteiger partial charge in [0.05, 0.1) is 19.3 Å². The molecule has 0 radical (unpaired) electrons. The van der Waals surface area contributed by atoms with Crippen molar-refractivity contribution in [2.45, 2.75) is 65.5 Å². The molecule has 0 atom stereocenters. The summed E-state index contributed by atoms with van der Waals surface area (Å²) in [4.78, 5) is 13.0. The van der Waals surface area contributed by atoms with Gasteiger partial charge < -0.3 is 10.5 Å². The summed E-state index contributed by atoms with van der Waals surface area (Å²) < 4.78 is 8.64. The Kier molecular flexibility index (Phi) is 7.86. The molecule has 0 fully saturated rings. The Hall–Kier alpha value is -3.80. The molecule has 0 unspecified atom stereocenters. The van der Waals surface area contributed by atoms with Crippen molar-refractivity contribution in [3.8, 4) is 16.9 Å². The molecule has 0 amide bonds. The molecule has 4 aromatic rings. The number of anilines is 1. The molecule has 2 N–H and O–H groups in total. The van der Waals surface area contributed by atoms with Gasteiger partial charge in [0.15, 0.2) is 0 Å². The van der Waals surface area contributed by atoms with Gasteiger partial charge in [-0.25, -0.2) is 9.48 Å². The summed E-state index contributed by atoms with van der Waals surface area (Å²) in [6, 6.07) is 22.9. The summed E-state index contributed by atoms with van der Waals surface area (Å²) in [6.45, 7) is 9.71. The number of aryl methyl sites for hydroxylation is 2. The maximum atomic E-state index is 13.0. The van der Waals surface area contributed by atoms with Crippen LogP contribution in [-0.4, -0.2) is 21.5 Å². The Balaban J connectivity index is 1.39. The van der Waals surface area contributed by atoms with Crippen molar-refractivity contribution in [3.63, 3.8) is 0 Å². The zero-order chi connectivity index (χ0) is 26.6. The second-order valence-corrected chi connectivity index (χ2v) is 10.6. The molecule has 0 spiro atoms. The first-order valence-electron chi connectivity index (χ1n) is 13.0. The number of aromatic nitrogens is 3. The lowest BCUT2D eigenvalue weighted by Gasteiger charge is -2.19. The van der Waals surface area contributed by atoms with Gasteiger partial charge in [0.1, 0.15) is 11.6 Å². The summed E-state index contributed by atoms with van der Waals surface area (Å²) in [5.41, 5.74) is 12.6. The highest BCUT2D eigenvalue weighted by atomic mass is 16.5. The fourth-order valence-electron chi connectivity index (χ4n) is 4.60. The highest BCUT2D eigenvalue weighted by Gasteiger charge is 2.15. The lowest BCUT2D eigenvalue weighted by molar-refractivity contribution is 0.417. The number of hydrogen-bond acceptors (Lipinski definition) is 4. The third kappa shape index (κ3) is 6.13. The molecule has 6 heteroatoms. The number of nitrogens with zero attached hydrogens (tertiary/aromatic N) is 3. The Morgan fingerprint density at radius 2 is 1.54 bits per heavy atom. The number of nitrogens with two attached hydrogens (primary N) is 1. The largest absolute Gasteiger partial charge is 0.495 e. The van der Waals surface area contributed by atoms with E-state index >= 15 is 0 Å². The fraction of sp³-hybridized carbons (Fsp3) is 0.355. The third-order valence-corrected chi connectivity index (χ3v) is 6.85. The minimum absolute atomic E-state index is 0.0412. The summed E-state index contributed by atoms with van der Waals surface area (Å²) in [7, 11) is 1.62. The smallest absolute Gasteiger partial charge is 0.346 e. The molecule has 4 rings (SSSR count). The van der Waals surface area contributed by atoms with E-state index in [1.54, 1.807) is 16.4 Å². The summed E-state index contributed by atoms with van der Waals surface area (Å²) in [5.74, 6) is 1.54. The SMILES string of the molecule is CCn1c(CCCc2ccc(-c3ccc(OC)c(N)c3)cc2)nn(Cc2ccc(C(C)(C)C)cc2)c1=O. The van der Waals surface area contributed by atoms with Gasteiger partial charge in [-0.1, -0.05) is 75.4 Å². The van der Waals surface area contributed by atoms with E-state index in [1.807, 2.05) is 25.1 Å². The van der Waals surface area contributed by atoms with Gasteiger partial charge in [-0.3, -0.25) is 4.57 Å². The summed E-state index contributed by atoms with van der Waals surface area (Å²) in [6.07, 6.45) is 2.60. The van der Waals surface area contributed by atoms with E-state index in [4.69, 9.17) is 15.6 Å². The molecule has 0 aliphatic heterocycles. The Bertz CT molecular complexity index is 1390. The molecular weight excluding hydrogens is 460 g/mol. The van der Waals surface area contributed by atoms with Crippen molar-refractivity contribution >= 4 is 5.69 Å². The zero-order valence-corrected chi connectivity index (χ0v) is 22.6. The predicted molar refractivity (Wildman–Crippen MR) is 151 cm³/mol. The normalized spacial score (nSPS) is 11.6. The number of rotatable bonds is 9. The van der Waals surface area contributed by atoms with Crippen molar-refractivity contribution in [1.82, 2.24) is 14.3 Å². The number of hydrogen-bond donors (Lipinski definition) is 1. The number of ether oxygens (including phenoxy) is 1. The highest BCUT2D eigenvalue weighted by Crippen LogP contribution is 2.28. The molecule has 0 bridgehead atoms.